The van der Waals surface area contributed by atoms with Crippen LogP contribution < -0.4 is 15.5 Å². The van der Waals surface area contributed by atoms with Crippen LogP contribution in [-0.2, 0) is 11.2 Å². The molecule has 0 fully saturated rings. The summed E-state index contributed by atoms with van der Waals surface area (Å²) in [5.41, 5.74) is 5.39. The first-order valence-corrected chi connectivity index (χ1v) is 10.5. The molecule has 0 radical (unpaired) electrons. The molecule has 0 aliphatic carbocycles. The number of amides is 2. The molecule has 160 valence electrons. The molecule has 2 aromatic carbocycles. The maximum absolute atomic E-state index is 12.2. The van der Waals surface area contributed by atoms with E-state index in [1.807, 2.05) is 37.3 Å². The van der Waals surface area contributed by atoms with Crippen molar-refractivity contribution in [3.05, 3.63) is 82.2 Å². The first kappa shape index (κ1) is 22.3. The van der Waals surface area contributed by atoms with Crippen molar-refractivity contribution < 1.29 is 18.7 Å². The van der Waals surface area contributed by atoms with E-state index in [4.69, 9.17) is 9.15 Å². The number of anilines is 1. The maximum Gasteiger partial charge on any atom is 0.291 e. The Morgan fingerprint density at radius 1 is 1.10 bits per heavy atom. The molecule has 0 spiro atoms. The van der Waals surface area contributed by atoms with Crippen molar-refractivity contribution in [2.45, 2.75) is 20.3 Å². The van der Waals surface area contributed by atoms with Gasteiger partial charge in [-0.05, 0) is 77.3 Å². The van der Waals surface area contributed by atoms with Gasteiger partial charge >= 0.3 is 0 Å². The Bertz CT molecular complexity index is 1090. The second-order valence-electron chi connectivity index (χ2n) is 6.62. The molecule has 8 heteroatoms. The number of hydrazone groups is 1. The van der Waals surface area contributed by atoms with Gasteiger partial charge in [0.25, 0.3) is 5.91 Å². The van der Waals surface area contributed by atoms with E-state index in [0.29, 0.717) is 22.7 Å². The number of nitrogens with one attached hydrogen (secondary N) is 2. The topological polar surface area (TPSA) is 92.9 Å². The lowest BCUT2D eigenvalue weighted by molar-refractivity contribution is -0.120. The molecule has 3 rings (SSSR count). The Kier molecular flexibility index (Phi) is 7.61. The van der Waals surface area contributed by atoms with Gasteiger partial charge in [0.15, 0.2) is 10.4 Å². The summed E-state index contributed by atoms with van der Waals surface area (Å²) in [7, 11) is 0. The fourth-order valence-corrected chi connectivity index (χ4v) is 3.06. The van der Waals surface area contributed by atoms with Crippen molar-refractivity contribution in [1.29, 1.82) is 0 Å². The molecule has 31 heavy (non-hydrogen) atoms. The Hall–Kier alpha value is -3.39. The fraction of sp³-hybridized carbons (Fsp3) is 0.174. The number of furan rings is 1. The van der Waals surface area contributed by atoms with E-state index in [0.717, 1.165) is 16.9 Å². The number of rotatable bonds is 8. The van der Waals surface area contributed by atoms with Gasteiger partial charge in [0.2, 0.25) is 5.91 Å². The van der Waals surface area contributed by atoms with Crippen LogP contribution >= 0.6 is 15.9 Å². The zero-order valence-electron chi connectivity index (χ0n) is 17.1. The molecule has 0 saturated carbocycles. The predicted molar refractivity (Wildman–Crippen MR) is 122 cm³/mol. The van der Waals surface area contributed by atoms with E-state index in [9.17, 15) is 9.59 Å². The van der Waals surface area contributed by atoms with Crippen LogP contribution in [0.4, 0.5) is 5.69 Å². The third kappa shape index (κ3) is 6.55. The van der Waals surface area contributed by atoms with Gasteiger partial charge in [-0.2, -0.15) is 5.10 Å². The van der Waals surface area contributed by atoms with Gasteiger partial charge in [-0.1, -0.05) is 24.3 Å². The molecular formula is C23H22BrN3O4. The monoisotopic (exact) mass is 483 g/mol. The largest absolute Gasteiger partial charge is 0.494 e. The van der Waals surface area contributed by atoms with Crippen LogP contribution in [0.5, 0.6) is 5.75 Å². The summed E-state index contributed by atoms with van der Waals surface area (Å²) < 4.78 is 11.1. The average molecular weight is 484 g/mol. The quantitative estimate of drug-likeness (QED) is 0.356. The number of benzene rings is 2. The summed E-state index contributed by atoms with van der Waals surface area (Å²) in [5.74, 6) is 0.383. The van der Waals surface area contributed by atoms with Crippen LogP contribution in [-0.4, -0.2) is 24.1 Å². The minimum atomic E-state index is -0.360. The van der Waals surface area contributed by atoms with Crippen molar-refractivity contribution >= 4 is 39.1 Å². The molecule has 3 aromatic rings. The van der Waals surface area contributed by atoms with Crippen molar-refractivity contribution in [2.24, 2.45) is 5.10 Å². The molecule has 0 saturated heterocycles. The fourth-order valence-electron chi connectivity index (χ4n) is 2.76. The van der Waals surface area contributed by atoms with Gasteiger partial charge in [-0.3, -0.25) is 9.59 Å². The van der Waals surface area contributed by atoms with Crippen LogP contribution in [0, 0.1) is 0 Å². The normalized spacial score (nSPS) is 11.1. The summed E-state index contributed by atoms with van der Waals surface area (Å²) in [6, 6.07) is 17.8. The molecule has 0 atom stereocenters. The smallest absolute Gasteiger partial charge is 0.291 e. The number of nitrogens with zero attached hydrogens (tertiary/aromatic N) is 1. The molecule has 0 aliphatic heterocycles. The average Bonchev–Trinajstić information content (AvgIpc) is 3.20. The molecule has 7 nitrogen and oxygen atoms in total. The first-order chi connectivity index (χ1) is 14.9. The van der Waals surface area contributed by atoms with Gasteiger partial charge in [-0.25, -0.2) is 5.43 Å². The van der Waals surface area contributed by atoms with Gasteiger partial charge in [0.1, 0.15) is 5.75 Å². The summed E-state index contributed by atoms with van der Waals surface area (Å²) in [6.07, 6.45) is 0.206. The minimum Gasteiger partial charge on any atom is -0.494 e. The predicted octanol–water partition coefficient (Wildman–Crippen LogP) is 4.78. The molecule has 0 unspecified atom stereocenters. The molecule has 1 heterocycles. The van der Waals surface area contributed by atoms with E-state index >= 15 is 0 Å². The lowest BCUT2D eigenvalue weighted by Crippen LogP contribution is -2.21. The lowest BCUT2D eigenvalue weighted by Gasteiger charge is -2.07. The zero-order valence-corrected chi connectivity index (χ0v) is 18.7. The Morgan fingerprint density at radius 2 is 1.87 bits per heavy atom. The Morgan fingerprint density at radius 3 is 2.55 bits per heavy atom. The van der Waals surface area contributed by atoms with Crippen molar-refractivity contribution in [3.63, 3.8) is 0 Å². The van der Waals surface area contributed by atoms with Crippen LogP contribution in [0.2, 0.25) is 0 Å². The summed E-state index contributed by atoms with van der Waals surface area (Å²) in [4.78, 5) is 24.4. The molecule has 2 N–H and O–H groups in total. The first-order valence-electron chi connectivity index (χ1n) is 9.66. The molecule has 2 amide bonds. The third-order valence-electron chi connectivity index (χ3n) is 4.28. The van der Waals surface area contributed by atoms with E-state index in [1.165, 1.54) is 0 Å². The number of halogens is 1. The standard InChI is InChI=1S/C23H22BrN3O4/c1-3-30-19-9-7-16(8-10-19)13-22(28)27-26-15(2)17-5-4-6-18(14-17)25-23(29)20-11-12-21(24)31-20/h4-12,14H,3,13H2,1-2H3,(H,25,29)(H,27,28)/b26-15-. The van der Waals surface area contributed by atoms with Crippen molar-refractivity contribution in [3.8, 4) is 5.75 Å². The SMILES string of the molecule is CCOc1ccc(CC(=O)N/N=C(/C)c2cccc(NC(=O)c3ccc(Br)o3)c2)cc1. The van der Waals surface area contributed by atoms with Gasteiger partial charge in [0.05, 0.1) is 18.7 Å². The molecule has 0 aliphatic rings. The third-order valence-corrected chi connectivity index (χ3v) is 4.71. The zero-order chi connectivity index (χ0) is 22.2. The van der Waals surface area contributed by atoms with Gasteiger partial charge in [0, 0.05) is 5.69 Å². The second kappa shape index (κ2) is 10.6. The molecule has 1 aromatic heterocycles. The molecular weight excluding hydrogens is 462 g/mol. The Balaban J connectivity index is 1.58. The lowest BCUT2D eigenvalue weighted by atomic mass is 10.1. The van der Waals surface area contributed by atoms with Crippen molar-refractivity contribution in [1.82, 2.24) is 5.43 Å². The number of hydrogen-bond donors (Lipinski definition) is 2. The van der Waals surface area contributed by atoms with Crippen molar-refractivity contribution in [2.75, 3.05) is 11.9 Å². The number of ether oxygens (including phenoxy) is 1. The minimum absolute atomic E-state index is 0.198. The van der Waals surface area contributed by atoms with E-state index in [-0.39, 0.29) is 24.0 Å². The maximum atomic E-state index is 12.2. The van der Waals surface area contributed by atoms with E-state index in [2.05, 4.69) is 31.8 Å². The summed E-state index contributed by atoms with van der Waals surface area (Å²) in [5, 5.41) is 6.95. The highest BCUT2D eigenvalue weighted by Gasteiger charge is 2.11. The summed E-state index contributed by atoms with van der Waals surface area (Å²) in [6.45, 7) is 4.30. The number of carbonyl (C=O) groups excluding carboxylic acids is 2. The van der Waals surface area contributed by atoms with Crippen LogP contribution in [0.1, 0.15) is 35.5 Å². The second-order valence-corrected chi connectivity index (χ2v) is 7.41. The highest BCUT2D eigenvalue weighted by molar-refractivity contribution is 9.10. The Labute approximate surface area is 188 Å². The number of carbonyl (C=O) groups is 2. The van der Waals surface area contributed by atoms with Crippen LogP contribution in [0.3, 0.4) is 0 Å². The van der Waals surface area contributed by atoms with Crippen LogP contribution in [0.15, 0.2) is 74.9 Å². The molecule has 0 bridgehead atoms. The van der Waals surface area contributed by atoms with Gasteiger partial charge in [-0.15, -0.1) is 0 Å². The van der Waals surface area contributed by atoms with E-state index in [1.54, 1.807) is 37.3 Å². The highest BCUT2D eigenvalue weighted by atomic mass is 79.9. The van der Waals surface area contributed by atoms with Crippen LogP contribution in [0.25, 0.3) is 0 Å². The van der Waals surface area contributed by atoms with Gasteiger partial charge < -0.3 is 14.5 Å². The highest BCUT2D eigenvalue weighted by Crippen LogP contribution is 2.17. The number of hydrogen-bond acceptors (Lipinski definition) is 5. The van der Waals surface area contributed by atoms with E-state index < -0.39 is 0 Å². The summed E-state index contributed by atoms with van der Waals surface area (Å²) >= 11 is 3.17.